The highest BCUT2D eigenvalue weighted by Gasteiger charge is 2.20. The van der Waals surface area contributed by atoms with Gasteiger partial charge < -0.3 is 15.0 Å². The van der Waals surface area contributed by atoms with E-state index in [1.54, 1.807) is 0 Å². The van der Waals surface area contributed by atoms with Crippen LogP contribution in [-0.4, -0.2) is 31.6 Å². The highest BCUT2D eigenvalue weighted by atomic mass is 16.5. The summed E-state index contributed by atoms with van der Waals surface area (Å²) in [6.45, 7) is 4.69. The Balaban J connectivity index is 1.30. The molecule has 30 heavy (non-hydrogen) atoms. The van der Waals surface area contributed by atoms with Crippen molar-refractivity contribution >= 4 is 22.4 Å². The maximum Gasteiger partial charge on any atom is 0.261 e. The van der Waals surface area contributed by atoms with Crippen molar-refractivity contribution in [3.63, 3.8) is 0 Å². The molecule has 4 rings (SSSR count). The van der Waals surface area contributed by atoms with E-state index in [2.05, 4.69) is 46.6 Å². The molecule has 1 N–H and O–H groups in total. The monoisotopic (exact) mass is 402 g/mol. The molecule has 4 nitrogen and oxygen atoms in total. The highest BCUT2D eigenvalue weighted by molar-refractivity contribution is 5.89. The van der Waals surface area contributed by atoms with Gasteiger partial charge in [-0.15, -0.1) is 0 Å². The first-order chi connectivity index (χ1) is 14.8. The minimum atomic E-state index is -0.480. The van der Waals surface area contributed by atoms with Crippen LogP contribution in [0.25, 0.3) is 10.8 Å². The summed E-state index contributed by atoms with van der Waals surface area (Å²) < 4.78 is 6.11. The molecule has 0 unspecified atom stereocenters. The fourth-order valence-electron chi connectivity index (χ4n) is 4.21. The van der Waals surface area contributed by atoms with Crippen molar-refractivity contribution in [2.45, 2.75) is 38.7 Å². The fourth-order valence-corrected chi connectivity index (χ4v) is 4.21. The van der Waals surface area contributed by atoms with Crippen molar-refractivity contribution < 1.29 is 9.53 Å². The van der Waals surface area contributed by atoms with E-state index in [0.717, 1.165) is 42.5 Å². The number of hydrogen-bond donors (Lipinski definition) is 1. The topological polar surface area (TPSA) is 41.6 Å². The largest absolute Gasteiger partial charge is 0.480 e. The van der Waals surface area contributed by atoms with Crippen LogP contribution in [0.1, 0.15) is 31.7 Å². The summed E-state index contributed by atoms with van der Waals surface area (Å²) >= 11 is 0. The number of fused-ring (bicyclic) bond motifs is 2. The first kappa shape index (κ1) is 20.3. The number of para-hydroxylation sites is 1. The Kier molecular flexibility index (Phi) is 6.53. The van der Waals surface area contributed by atoms with Crippen molar-refractivity contribution in [3.05, 3.63) is 72.3 Å². The summed E-state index contributed by atoms with van der Waals surface area (Å²) in [5.41, 5.74) is 2.78. The van der Waals surface area contributed by atoms with E-state index in [-0.39, 0.29) is 5.91 Å². The molecule has 1 aliphatic heterocycles. The van der Waals surface area contributed by atoms with Crippen LogP contribution >= 0.6 is 0 Å². The molecule has 0 aliphatic carbocycles. The van der Waals surface area contributed by atoms with Gasteiger partial charge in [-0.05, 0) is 48.8 Å². The van der Waals surface area contributed by atoms with Crippen molar-refractivity contribution in [2.24, 2.45) is 0 Å². The van der Waals surface area contributed by atoms with Crippen molar-refractivity contribution in [3.8, 4) is 5.75 Å². The zero-order chi connectivity index (χ0) is 20.8. The predicted octanol–water partition coefficient (Wildman–Crippen LogP) is 4.96. The molecular weight excluding hydrogens is 372 g/mol. The van der Waals surface area contributed by atoms with Gasteiger partial charge >= 0.3 is 0 Å². The van der Waals surface area contributed by atoms with E-state index in [9.17, 15) is 4.79 Å². The van der Waals surface area contributed by atoms with E-state index < -0.39 is 6.10 Å². The molecule has 1 aliphatic rings. The molecule has 0 saturated carbocycles. The Morgan fingerprint density at radius 2 is 1.87 bits per heavy atom. The highest BCUT2D eigenvalue weighted by Crippen LogP contribution is 2.27. The number of anilines is 1. The maximum atomic E-state index is 12.7. The van der Waals surface area contributed by atoms with Crippen LogP contribution in [-0.2, 0) is 11.2 Å². The van der Waals surface area contributed by atoms with Gasteiger partial charge in [-0.2, -0.15) is 0 Å². The number of rotatable bonds is 8. The van der Waals surface area contributed by atoms with E-state index in [1.807, 2.05) is 37.3 Å². The SMILES string of the molecule is CC[C@@H](Oc1cccc2ccccc12)C(=O)NCCCN1CCCc2ccccc21. The van der Waals surface area contributed by atoms with Crippen LogP contribution in [0.2, 0.25) is 0 Å². The first-order valence-electron chi connectivity index (χ1n) is 11.0. The predicted molar refractivity (Wildman–Crippen MR) is 123 cm³/mol. The molecule has 1 heterocycles. The van der Waals surface area contributed by atoms with Gasteiger partial charge in [-0.25, -0.2) is 0 Å². The van der Waals surface area contributed by atoms with Crippen LogP contribution in [0.3, 0.4) is 0 Å². The number of ether oxygens (including phenoxy) is 1. The molecule has 3 aromatic carbocycles. The molecule has 0 spiro atoms. The summed E-state index contributed by atoms with van der Waals surface area (Å²) in [4.78, 5) is 15.2. The molecule has 3 aromatic rings. The van der Waals surface area contributed by atoms with E-state index in [4.69, 9.17) is 4.74 Å². The molecule has 0 fully saturated rings. The number of amides is 1. The van der Waals surface area contributed by atoms with Crippen LogP contribution in [0.4, 0.5) is 5.69 Å². The standard InChI is InChI=1S/C26H30N2O2/c1-2-24(30-25-16-7-12-20-10-3-5-14-22(20)25)26(29)27-17-9-19-28-18-8-13-21-11-4-6-15-23(21)28/h3-7,10-12,14-16,24H,2,8-9,13,17-19H2,1H3,(H,27,29)/t24-/m1/s1. The summed E-state index contributed by atoms with van der Waals surface area (Å²) in [5.74, 6) is 0.726. The Bertz CT molecular complexity index is 996. The third kappa shape index (κ3) is 4.59. The summed E-state index contributed by atoms with van der Waals surface area (Å²) in [7, 11) is 0. The summed E-state index contributed by atoms with van der Waals surface area (Å²) in [6.07, 6.45) is 3.43. The van der Waals surface area contributed by atoms with Gasteiger partial charge in [0.1, 0.15) is 5.75 Å². The molecule has 1 atom stereocenters. The number of aryl methyl sites for hydroxylation is 1. The normalized spacial score (nSPS) is 14.2. The summed E-state index contributed by atoms with van der Waals surface area (Å²) in [5, 5.41) is 5.23. The van der Waals surface area contributed by atoms with E-state index in [0.29, 0.717) is 13.0 Å². The van der Waals surface area contributed by atoms with Crippen molar-refractivity contribution in [1.29, 1.82) is 0 Å². The molecule has 156 valence electrons. The van der Waals surface area contributed by atoms with Crippen LogP contribution in [0, 0.1) is 0 Å². The smallest absolute Gasteiger partial charge is 0.261 e. The summed E-state index contributed by atoms with van der Waals surface area (Å²) in [6, 6.07) is 22.7. The molecule has 0 aromatic heterocycles. The zero-order valence-electron chi connectivity index (χ0n) is 17.6. The number of nitrogens with zero attached hydrogens (tertiary/aromatic N) is 1. The maximum absolute atomic E-state index is 12.7. The van der Waals surface area contributed by atoms with Gasteiger partial charge in [0.2, 0.25) is 0 Å². The molecule has 1 amide bonds. The third-order valence-electron chi connectivity index (χ3n) is 5.79. The second-order valence-corrected chi connectivity index (χ2v) is 7.86. The van der Waals surface area contributed by atoms with Crippen molar-refractivity contribution in [1.82, 2.24) is 5.32 Å². The molecule has 4 heteroatoms. The van der Waals surface area contributed by atoms with Crippen LogP contribution in [0.5, 0.6) is 5.75 Å². The molecular formula is C26H30N2O2. The lowest BCUT2D eigenvalue weighted by Gasteiger charge is -2.31. The first-order valence-corrected chi connectivity index (χ1v) is 11.0. The lowest BCUT2D eigenvalue weighted by atomic mass is 10.0. The number of hydrogen-bond acceptors (Lipinski definition) is 3. The lowest BCUT2D eigenvalue weighted by molar-refractivity contribution is -0.128. The number of carbonyl (C=O) groups is 1. The van der Waals surface area contributed by atoms with Gasteiger partial charge in [-0.1, -0.05) is 61.5 Å². The average Bonchev–Trinajstić information content (AvgIpc) is 2.80. The van der Waals surface area contributed by atoms with E-state index >= 15 is 0 Å². The molecule has 0 bridgehead atoms. The van der Waals surface area contributed by atoms with Gasteiger partial charge in [0.15, 0.2) is 6.10 Å². The van der Waals surface area contributed by atoms with Crippen LogP contribution < -0.4 is 15.0 Å². The Morgan fingerprint density at radius 3 is 2.77 bits per heavy atom. The van der Waals surface area contributed by atoms with Gasteiger partial charge in [0, 0.05) is 30.7 Å². The number of benzene rings is 3. The Morgan fingerprint density at radius 1 is 1.07 bits per heavy atom. The molecule has 0 radical (unpaired) electrons. The van der Waals surface area contributed by atoms with Gasteiger partial charge in [-0.3, -0.25) is 4.79 Å². The number of carbonyl (C=O) groups excluding carboxylic acids is 1. The van der Waals surface area contributed by atoms with Gasteiger partial charge in [0.05, 0.1) is 0 Å². The minimum absolute atomic E-state index is 0.0375. The quantitative estimate of drug-likeness (QED) is 0.542. The van der Waals surface area contributed by atoms with Gasteiger partial charge in [0.25, 0.3) is 5.91 Å². The minimum Gasteiger partial charge on any atom is -0.480 e. The van der Waals surface area contributed by atoms with E-state index in [1.165, 1.54) is 17.7 Å². The Labute approximate surface area is 178 Å². The van der Waals surface area contributed by atoms with Crippen LogP contribution in [0.15, 0.2) is 66.7 Å². The zero-order valence-corrected chi connectivity index (χ0v) is 17.6. The number of nitrogens with one attached hydrogen (secondary N) is 1. The Hall–Kier alpha value is -3.01. The average molecular weight is 403 g/mol. The second-order valence-electron chi connectivity index (χ2n) is 7.86. The lowest BCUT2D eigenvalue weighted by Crippen LogP contribution is -2.39. The third-order valence-corrected chi connectivity index (χ3v) is 5.79. The fraction of sp³-hybridized carbons (Fsp3) is 0.346. The second kappa shape index (κ2) is 9.66. The van der Waals surface area contributed by atoms with Crippen molar-refractivity contribution in [2.75, 3.05) is 24.5 Å². The molecule has 0 saturated heterocycles.